The monoisotopic (exact) mass is 326 g/mol. The zero-order valence-electron chi connectivity index (χ0n) is 14.3. The SMILES string of the molecule is CCC(CC)Nc1nc(Nc2ccc3c(c2)COB3O)ncc1C. The Labute approximate surface area is 142 Å². The molecule has 126 valence electrons. The summed E-state index contributed by atoms with van der Waals surface area (Å²) in [6.45, 7) is 6.75. The molecule has 0 saturated carbocycles. The third-order valence-corrected chi connectivity index (χ3v) is 4.36. The lowest BCUT2D eigenvalue weighted by Gasteiger charge is -2.17. The third kappa shape index (κ3) is 3.52. The fraction of sp³-hybridized carbons (Fsp3) is 0.412. The number of anilines is 3. The molecule has 3 rings (SSSR count). The van der Waals surface area contributed by atoms with Crippen molar-refractivity contribution in [3.63, 3.8) is 0 Å². The predicted octanol–water partition coefficient (Wildman–Crippen LogP) is 2.35. The maximum Gasteiger partial charge on any atom is 0.491 e. The van der Waals surface area contributed by atoms with Crippen LogP contribution in [-0.4, -0.2) is 28.2 Å². The van der Waals surface area contributed by atoms with Gasteiger partial charge < -0.3 is 20.3 Å². The fourth-order valence-corrected chi connectivity index (χ4v) is 2.77. The lowest BCUT2D eigenvalue weighted by Crippen LogP contribution is -2.27. The first-order chi connectivity index (χ1) is 11.6. The third-order valence-electron chi connectivity index (χ3n) is 4.36. The van der Waals surface area contributed by atoms with E-state index in [1.807, 2.05) is 31.3 Å². The second-order valence-electron chi connectivity index (χ2n) is 6.08. The molecule has 0 fully saturated rings. The Bertz CT molecular complexity index is 722. The molecule has 0 unspecified atom stereocenters. The van der Waals surface area contributed by atoms with Crippen LogP contribution in [0.3, 0.4) is 0 Å². The molecule has 1 aromatic carbocycles. The van der Waals surface area contributed by atoms with Gasteiger partial charge in [0, 0.05) is 23.5 Å². The van der Waals surface area contributed by atoms with Crippen molar-refractivity contribution < 1.29 is 9.68 Å². The first-order valence-electron chi connectivity index (χ1n) is 8.40. The summed E-state index contributed by atoms with van der Waals surface area (Å²) in [4.78, 5) is 8.96. The highest BCUT2D eigenvalue weighted by molar-refractivity contribution is 6.61. The fourth-order valence-electron chi connectivity index (χ4n) is 2.77. The Balaban J connectivity index is 1.78. The largest absolute Gasteiger partial charge is 0.491 e. The molecular formula is C17H23BN4O2. The highest BCUT2D eigenvalue weighted by Gasteiger charge is 2.27. The highest BCUT2D eigenvalue weighted by Crippen LogP contribution is 2.20. The van der Waals surface area contributed by atoms with Crippen LogP contribution in [0.4, 0.5) is 17.5 Å². The maximum absolute atomic E-state index is 9.68. The molecule has 0 bridgehead atoms. The molecule has 7 heteroatoms. The van der Waals surface area contributed by atoms with Crippen LogP contribution in [0.5, 0.6) is 0 Å². The van der Waals surface area contributed by atoms with Crippen molar-refractivity contribution in [3.05, 3.63) is 35.5 Å². The zero-order valence-corrected chi connectivity index (χ0v) is 14.3. The number of rotatable bonds is 6. The van der Waals surface area contributed by atoms with Crippen LogP contribution in [0, 0.1) is 6.92 Å². The van der Waals surface area contributed by atoms with E-state index in [9.17, 15) is 5.02 Å². The van der Waals surface area contributed by atoms with Crippen LogP contribution in [0.1, 0.15) is 37.8 Å². The Kier molecular flexibility index (Phi) is 5.01. The van der Waals surface area contributed by atoms with Crippen molar-refractivity contribution in [1.82, 2.24) is 9.97 Å². The van der Waals surface area contributed by atoms with E-state index < -0.39 is 7.12 Å². The van der Waals surface area contributed by atoms with Crippen molar-refractivity contribution in [2.75, 3.05) is 10.6 Å². The molecule has 0 radical (unpaired) electrons. The number of fused-ring (bicyclic) bond motifs is 1. The number of aromatic nitrogens is 2. The molecular weight excluding hydrogens is 303 g/mol. The lowest BCUT2D eigenvalue weighted by atomic mass is 9.79. The van der Waals surface area contributed by atoms with E-state index in [0.29, 0.717) is 18.6 Å². The van der Waals surface area contributed by atoms with Crippen molar-refractivity contribution in [1.29, 1.82) is 0 Å². The number of aryl methyl sites for hydroxylation is 1. The van der Waals surface area contributed by atoms with Gasteiger partial charge in [0.05, 0.1) is 6.61 Å². The van der Waals surface area contributed by atoms with E-state index in [4.69, 9.17) is 4.65 Å². The number of hydrogen-bond acceptors (Lipinski definition) is 6. The molecule has 0 saturated heterocycles. The number of benzene rings is 1. The lowest BCUT2D eigenvalue weighted by molar-refractivity contribution is 0.275. The van der Waals surface area contributed by atoms with E-state index in [1.54, 1.807) is 0 Å². The summed E-state index contributed by atoms with van der Waals surface area (Å²) >= 11 is 0. The van der Waals surface area contributed by atoms with Crippen LogP contribution in [0.25, 0.3) is 0 Å². The van der Waals surface area contributed by atoms with Crippen LogP contribution in [-0.2, 0) is 11.3 Å². The second-order valence-corrected chi connectivity index (χ2v) is 6.08. The molecule has 0 aliphatic carbocycles. The van der Waals surface area contributed by atoms with Crippen molar-refractivity contribution in [2.45, 2.75) is 46.3 Å². The minimum Gasteiger partial charge on any atom is -0.423 e. The van der Waals surface area contributed by atoms with Gasteiger partial charge in [-0.1, -0.05) is 19.9 Å². The van der Waals surface area contributed by atoms with E-state index in [1.165, 1.54) is 0 Å². The second kappa shape index (κ2) is 7.19. The van der Waals surface area contributed by atoms with Gasteiger partial charge in [0.25, 0.3) is 0 Å². The summed E-state index contributed by atoms with van der Waals surface area (Å²) < 4.78 is 5.22. The van der Waals surface area contributed by atoms with Gasteiger partial charge in [0.15, 0.2) is 0 Å². The number of nitrogens with zero attached hydrogens (tertiary/aromatic N) is 2. The zero-order chi connectivity index (χ0) is 17.1. The number of hydrogen-bond donors (Lipinski definition) is 3. The molecule has 24 heavy (non-hydrogen) atoms. The van der Waals surface area contributed by atoms with E-state index >= 15 is 0 Å². The molecule has 1 aromatic heterocycles. The van der Waals surface area contributed by atoms with Crippen molar-refractivity contribution >= 4 is 30.0 Å². The first kappa shape index (κ1) is 16.7. The van der Waals surface area contributed by atoms with E-state index in [0.717, 1.165) is 40.9 Å². The smallest absolute Gasteiger partial charge is 0.423 e. The Hall–Kier alpha value is -2.12. The maximum atomic E-state index is 9.68. The summed E-state index contributed by atoms with van der Waals surface area (Å²) in [6.07, 6.45) is 3.92. The Morgan fingerprint density at radius 2 is 2.12 bits per heavy atom. The summed E-state index contributed by atoms with van der Waals surface area (Å²) in [7, 11) is -0.819. The standard InChI is InChI=1S/C17H23BN4O2/c1-4-13(5-2)20-16-11(3)9-19-17(22-16)21-14-6-7-15-12(8-14)10-24-18(15)23/h6-9,13,23H,4-5,10H2,1-3H3,(H2,19,20,21,22). The van der Waals surface area contributed by atoms with Gasteiger partial charge in [0.1, 0.15) is 5.82 Å². The Morgan fingerprint density at radius 1 is 1.33 bits per heavy atom. The topological polar surface area (TPSA) is 79.3 Å². The first-order valence-corrected chi connectivity index (χ1v) is 8.40. The molecule has 0 amide bonds. The predicted molar refractivity (Wildman–Crippen MR) is 96.9 cm³/mol. The summed E-state index contributed by atoms with van der Waals surface area (Å²) in [6, 6.07) is 6.13. The van der Waals surface area contributed by atoms with E-state index in [2.05, 4.69) is 34.4 Å². The Morgan fingerprint density at radius 3 is 2.88 bits per heavy atom. The van der Waals surface area contributed by atoms with Gasteiger partial charge in [-0.2, -0.15) is 4.98 Å². The van der Waals surface area contributed by atoms with Crippen LogP contribution >= 0.6 is 0 Å². The van der Waals surface area contributed by atoms with Crippen LogP contribution in [0.2, 0.25) is 0 Å². The van der Waals surface area contributed by atoms with Crippen molar-refractivity contribution in [3.8, 4) is 0 Å². The van der Waals surface area contributed by atoms with Gasteiger partial charge in [-0.3, -0.25) is 0 Å². The van der Waals surface area contributed by atoms with Crippen LogP contribution < -0.4 is 16.1 Å². The quantitative estimate of drug-likeness (QED) is 0.707. The van der Waals surface area contributed by atoms with E-state index in [-0.39, 0.29) is 0 Å². The van der Waals surface area contributed by atoms with Gasteiger partial charge in [0.2, 0.25) is 5.95 Å². The molecule has 2 heterocycles. The normalized spacial score (nSPS) is 13.3. The molecule has 0 spiro atoms. The van der Waals surface area contributed by atoms with Gasteiger partial charge >= 0.3 is 7.12 Å². The van der Waals surface area contributed by atoms with Gasteiger partial charge in [-0.25, -0.2) is 4.98 Å². The minimum absolute atomic E-state index is 0.407. The molecule has 1 aliphatic heterocycles. The molecule has 0 atom stereocenters. The average Bonchev–Trinajstić information content (AvgIpc) is 2.96. The summed E-state index contributed by atoms with van der Waals surface area (Å²) in [5.74, 6) is 1.41. The van der Waals surface area contributed by atoms with Gasteiger partial charge in [-0.05, 0) is 42.9 Å². The summed E-state index contributed by atoms with van der Waals surface area (Å²) in [5, 5.41) is 16.4. The summed E-state index contributed by atoms with van der Waals surface area (Å²) in [5.41, 5.74) is 3.71. The molecule has 6 nitrogen and oxygen atoms in total. The van der Waals surface area contributed by atoms with Gasteiger partial charge in [-0.15, -0.1) is 0 Å². The molecule has 1 aliphatic rings. The highest BCUT2D eigenvalue weighted by atomic mass is 16.5. The van der Waals surface area contributed by atoms with Crippen molar-refractivity contribution in [2.24, 2.45) is 0 Å². The molecule has 3 N–H and O–H groups in total. The molecule has 2 aromatic rings. The minimum atomic E-state index is -0.819. The average molecular weight is 326 g/mol. The number of nitrogens with one attached hydrogen (secondary N) is 2. The van der Waals surface area contributed by atoms with Crippen LogP contribution in [0.15, 0.2) is 24.4 Å².